The Labute approximate surface area is 415 Å². The third-order valence-electron chi connectivity index (χ3n) is 16.8. The van der Waals surface area contributed by atoms with Gasteiger partial charge in [0.15, 0.2) is 0 Å². The van der Waals surface area contributed by atoms with Crippen molar-refractivity contribution >= 4 is 55.4 Å². The lowest BCUT2D eigenvalue weighted by atomic mass is 9.59. The summed E-state index contributed by atoms with van der Waals surface area (Å²) >= 11 is 0. The van der Waals surface area contributed by atoms with Crippen LogP contribution in [0.15, 0.2) is 83.9 Å². The van der Waals surface area contributed by atoms with Crippen LogP contribution in [0.2, 0.25) is 0 Å². The Kier molecular flexibility index (Phi) is 12.5. The summed E-state index contributed by atoms with van der Waals surface area (Å²) in [4.78, 5) is 41.2. The van der Waals surface area contributed by atoms with Crippen molar-refractivity contribution in [3.63, 3.8) is 0 Å². The SMILES string of the molecule is CC(C)c1ccccc1[C@@H]1CCCN1C1CC2(CCN(c3ccc(C(=O)NS(=O)(=O)c4ccc(NCC5CCC(C)(O)CC5)c([N+](=O)[O-])c4)c(N4C[C@H]5COC[C@H]5Oc5nc6[nH]ccc6cc54)c3)CC2)C1. The van der Waals surface area contributed by atoms with Crippen molar-refractivity contribution in [2.45, 2.75) is 120 Å². The molecule has 4 N–H and O–H groups in total. The van der Waals surface area contributed by atoms with Crippen molar-refractivity contribution in [2.75, 3.05) is 61.1 Å². The molecule has 2 aliphatic carbocycles. The number of fused-ring (bicyclic) bond motifs is 3. The third kappa shape index (κ3) is 9.34. The minimum absolute atomic E-state index is 0.0815. The molecule has 0 unspecified atom stereocenters. The first-order chi connectivity index (χ1) is 34.1. The van der Waals surface area contributed by atoms with Gasteiger partial charge in [0.05, 0.1) is 39.9 Å². The maximum Gasteiger partial charge on any atom is 0.293 e. The zero-order valence-corrected chi connectivity index (χ0v) is 41.8. The van der Waals surface area contributed by atoms with Crippen molar-refractivity contribution < 1.29 is 32.7 Å². The highest BCUT2D eigenvalue weighted by molar-refractivity contribution is 7.90. The molecule has 376 valence electrons. The van der Waals surface area contributed by atoms with Crippen molar-refractivity contribution in [1.82, 2.24) is 19.6 Å². The van der Waals surface area contributed by atoms with E-state index in [1.54, 1.807) is 6.07 Å². The van der Waals surface area contributed by atoms with E-state index in [1.165, 1.54) is 48.9 Å². The molecule has 3 saturated heterocycles. The summed E-state index contributed by atoms with van der Waals surface area (Å²) in [6.07, 6.45) is 11.3. The highest BCUT2D eigenvalue weighted by Gasteiger charge is 2.50. The Morgan fingerprint density at radius 2 is 1.76 bits per heavy atom. The Hall–Kier alpha value is -5.75. The van der Waals surface area contributed by atoms with Crippen LogP contribution in [-0.2, 0) is 14.8 Å². The molecule has 71 heavy (non-hydrogen) atoms. The second-order valence-corrected chi connectivity index (χ2v) is 23.6. The van der Waals surface area contributed by atoms with Crippen LogP contribution in [0, 0.1) is 27.4 Å². The first kappa shape index (κ1) is 47.6. The molecule has 2 aromatic heterocycles. The van der Waals surface area contributed by atoms with Gasteiger partial charge in [-0.2, -0.15) is 4.98 Å². The number of rotatable bonds is 12. The number of H-pyrrole nitrogens is 1. The average molecular weight is 987 g/mol. The van der Waals surface area contributed by atoms with Crippen LogP contribution >= 0.6 is 0 Å². The van der Waals surface area contributed by atoms with Crippen LogP contribution in [0.1, 0.15) is 118 Å². The van der Waals surface area contributed by atoms with E-state index in [0.717, 1.165) is 62.5 Å². The van der Waals surface area contributed by atoms with Crippen molar-refractivity contribution in [2.24, 2.45) is 17.3 Å². The van der Waals surface area contributed by atoms with Crippen LogP contribution in [0.4, 0.5) is 28.4 Å². The molecule has 2 saturated carbocycles. The summed E-state index contributed by atoms with van der Waals surface area (Å²) in [6.45, 7) is 10.9. The number of carbonyl (C=O) groups excluding carboxylic acids is 1. The van der Waals surface area contributed by atoms with E-state index in [1.807, 2.05) is 42.3 Å². The van der Waals surface area contributed by atoms with Gasteiger partial charge in [-0.15, -0.1) is 0 Å². The van der Waals surface area contributed by atoms with Gasteiger partial charge in [-0.1, -0.05) is 38.1 Å². The molecule has 17 heteroatoms. The molecule has 3 atom stereocenters. The van der Waals surface area contributed by atoms with E-state index in [0.29, 0.717) is 80.0 Å². The van der Waals surface area contributed by atoms with Crippen molar-refractivity contribution in [3.05, 3.63) is 106 Å². The number of nitro groups is 1. The highest BCUT2D eigenvalue weighted by atomic mass is 32.2. The Morgan fingerprint density at radius 3 is 2.54 bits per heavy atom. The van der Waals surface area contributed by atoms with Crippen molar-refractivity contribution in [1.29, 1.82) is 0 Å². The minimum Gasteiger partial charge on any atom is -0.470 e. The van der Waals surface area contributed by atoms with E-state index < -0.39 is 37.0 Å². The fourth-order valence-corrected chi connectivity index (χ4v) is 13.6. The van der Waals surface area contributed by atoms with Crippen LogP contribution in [-0.4, -0.2) is 103 Å². The summed E-state index contributed by atoms with van der Waals surface area (Å²) in [5.74, 6) is 0.113. The number of benzene rings is 3. The monoisotopic (exact) mass is 986 g/mol. The van der Waals surface area contributed by atoms with E-state index in [9.17, 15) is 28.4 Å². The standard InChI is InChI=1S/C54H66N8O8S/c1-34(2)41-7-4-5-8-42(41)45-9-6-22-60(45)39-28-54(29-39)19-23-59(24-20-54)38-10-12-43(46(26-38)61-31-37-32-69-33-49(37)70-52-48(61)25-36-16-21-55-50(36)57-52)51(63)58-71(67,68)40-11-13-44(47(27-40)62(65)66)56-30-35-14-17-53(3,64)18-15-35/h4-5,7-8,10-13,16,21,25-27,34-35,37,39,45,49,56,64H,6,9,14-15,17-20,22-24,28-33H2,1-3H3,(H,55,57)(H,58,63)/t35?,37-,45-,49+,53?/m0/s1. The number of aliphatic hydroxyl groups is 1. The predicted molar refractivity (Wildman–Crippen MR) is 273 cm³/mol. The number of pyridine rings is 1. The molecule has 6 aliphatic rings. The van der Waals surface area contributed by atoms with E-state index in [4.69, 9.17) is 14.5 Å². The molecule has 16 nitrogen and oxygen atoms in total. The number of hydrogen-bond acceptors (Lipinski definition) is 13. The summed E-state index contributed by atoms with van der Waals surface area (Å²) in [7, 11) is -4.61. The number of amides is 1. The number of aromatic nitrogens is 2. The zero-order valence-electron chi connectivity index (χ0n) is 40.9. The van der Waals surface area contributed by atoms with E-state index >= 15 is 0 Å². The number of ether oxygens (including phenoxy) is 2. The molecular formula is C54H66N8O8S. The maximum atomic E-state index is 14.7. The van der Waals surface area contributed by atoms with Crippen LogP contribution in [0.3, 0.4) is 0 Å². The summed E-state index contributed by atoms with van der Waals surface area (Å²) in [5, 5.41) is 26.7. The zero-order chi connectivity index (χ0) is 49.2. The Bertz CT molecular complexity index is 2930. The largest absolute Gasteiger partial charge is 0.470 e. The van der Waals surface area contributed by atoms with Crippen LogP contribution < -0.4 is 24.6 Å². The summed E-state index contributed by atoms with van der Waals surface area (Å²) in [6, 6.07) is 23.2. The number of nitro benzene ring substituents is 1. The smallest absolute Gasteiger partial charge is 0.293 e. The maximum absolute atomic E-state index is 14.7. The Balaban J connectivity index is 0.859. The second-order valence-electron chi connectivity index (χ2n) is 21.9. The van der Waals surface area contributed by atoms with Gasteiger partial charge in [0.1, 0.15) is 23.1 Å². The van der Waals surface area contributed by atoms with Crippen LogP contribution in [0.5, 0.6) is 5.88 Å². The fourth-order valence-electron chi connectivity index (χ4n) is 12.6. The highest BCUT2D eigenvalue weighted by Crippen LogP contribution is 2.55. The molecule has 0 bridgehead atoms. The fraction of sp³-hybridized carbons (Fsp3) is 0.519. The first-order valence-electron chi connectivity index (χ1n) is 25.7. The number of anilines is 4. The number of sulfonamides is 1. The summed E-state index contributed by atoms with van der Waals surface area (Å²) < 4.78 is 43.0. The number of aromatic amines is 1. The van der Waals surface area contributed by atoms with Gasteiger partial charge in [-0.25, -0.2) is 13.1 Å². The lowest BCUT2D eigenvalue weighted by Gasteiger charge is -2.56. The average Bonchev–Trinajstić information content (AvgIpc) is 4.12. The lowest BCUT2D eigenvalue weighted by Crippen LogP contribution is -2.55. The van der Waals surface area contributed by atoms with Gasteiger partial charge in [-0.05, 0) is 149 Å². The topological polar surface area (TPSA) is 195 Å². The number of piperidine rings is 1. The molecule has 5 aromatic rings. The predicted octanol–water partition coefficient (Wildman–Crippen LogP) is 9.20. The lowest BCUT2D eigenvalue weighted by molar-refractivity contribution is -0.384. The molecule has 1 amide bonds. The third-order valence-corrected chi connectivity index (χ3v) is 18.2. The first-order valence-corrected chi connectivity index (χ1v) is 27.2. The minimum atomic E-state index is -4.61. The molecule has 6 heterocycles. The normalized spacial score (nSPS) is 25.6. The van der Waals surface area contributed by atoms with E-state index in [-0.39, 0.29) is 34.6 Å². The van der Waals surface area contributed by atoms with Gasteiger partial charge in [0.25, 0.3) is 21.6 Å². The quantitative estimate of drug-likeness (QED) is 0.0683. The van der Waals surface area contributed by atoms with Gasteiger partial charge in [0.2, 0.25) is 5.88 Å². The van der Waals surface area contributed by atoms with Crippen LogP contribution in [0.25, 0.3) is 11.0 Å². The molecule has 11 rings (SSSR count). The number of nitrogens with zero attached hydrogens (tertiary/aromatic N) is 5. The number of likely N-dealkylation sites (tertiary alicyclic amines) is 1. The van der Waals surface area contributed by atoms with Gasteiger partial charge in [-0.3, -0.25) is 19.8 Å². The summed E-state index contributed by atoms with van der Waals surface area (Å²) in [5.41, 5.74) is 5.13. The van der Waals surface area contributed by atoms with E-state index in [2.05, 4.69) is 62.9 Å². The molecule has 1 spiro atoms. The number of hydrogen-bond donors (Lipinski definition) is 4. The molecular weight excluding hydrogens is 921 g/mol. The molecule has 0 radical (unpaired) electrons. The van der Waals surface area contributed by atoms with Crippen molar-refractivity contribution in [3.8, 4) is 5.88 Å². The van der Waals surface area contributed by atoms with Gasteiger partial charge >= 0.3 is 0 Å². The van der Waals surface area contributed by atoms with Gasteiger partial charge in [0, 0.05) is 67.5 Å². The molecule has 3 aromatic carbocycles. The van der Waals surface area contributed by atoms with Gasteiger partial charge < -0.3 is 34.7 Å². The number of carbonyl (C=O) groups is 1. The molecule has 5 fully saturated rings. The Morgan fingerprint density at radius 1 is 0.972 bits per heavy atom. The number of nitrogens with one attached hydrogen (secondary N) is 3. The molecule has 4 aliphatic heterocycles. The second kappa shape index (κ2) is 18.7.